The van der Waals surface area contributed by atoms with Crippen LogP contribution in [0.2, 0.25) is 0 Å². The van der Waals surface area contributed by atoms with E-state index in [4.69, 9.17) is 4.42 Å². The van der Waals surface area contributed by atoms with Crippen molar-refractivity contribution in [2.75, 3.05) is 13.1 Å². The Morgan fingerprint density at radius 3 is 2.91 bits per heavy atom. The van der Waals surface area contributed by atoms with Crippen molar-refractivity contribution in [2.45, 2.75) is 45.7 Å². The average Bonchev–Trinajstić information content (AvgIpc) is 2.99. The maximum absolute atomic E-state index is 13.0. The third-order valence-electron chi connectivity index (χ3n) is 4.92. The normalized spacial score (nSPS) is 22.9. The number of hydrogen-bond donors (Lipinski definition) is 1. The topological polar surface area (TPSA) is 45.5 Å². The molecule has 1 fully saturated rings. The van der Waals surface area contributed by atoms with Gasteiger partial charge >= 0.3 is 0 Å². The van der Waals surface area contributed by atoms with Crippen LogP contribution in [-0.2, 0) is 4.79 Å². The van der Waals surface area contributed by atoms with Crippen LogP contribution in [0.25, 0.3) is 11.0 Å². The summed E-state index contributed by atoms with van der Waals surface area (Å²) >= 11 is 0. The maximum atomic E-state index is 13.0. The lowest BCUT2D eigenvalue weighted by Gasteiger charge is -2.34. The van der Waals surface area contributed by atoms with Crippen molar-refractivity contribution in [1.82, 2.24) is 10.2 Å². The molecule has 4 heteroatoms. The molecule has 2 aromatic rings. The zero-order valence-corrected chi connectivity index (χ0v) is 14.2. The van der Waals surface area contributed by atoms with Gasteiger partial charge < -0.3 is 14.6 Å². The van der Waals surface area contributed by atoms with Gasteiger partial charge in [0.2, 0.25) is 5.91 Å². The van der Waals surface area contributed by atoms with Gasteiger partial charge in [0.05, 0.1) is 6.04 Å². The van der Waals surface area contributed by atoms with Gasteiger partial charge in [-0.3, -0.25) is 4.79 Å². The Bertz CT molecular complexity index is 646. The van der Waals surface area contributed by atoms with Crippen molar-refractivity contribution in [3.8, 4) is 0 Å². The summed E-state index contributed by atoms with van der Waals surface area (Å²) in [5.74, 6) is 1.25. The Kier molecular flexibility index (Phi) is 4.71. The van der Waals surface area contributed by atoms with Gasteiger partial charge in [0.15, 0.2) is 0 Å². The van der Waals surface area contributed by atoms with Gasteiger partial charge in [-0.25, -0.2) is 0 Å². The fourth-order valence-electron chi connectivity index (χ4n) is 3.57. The molecule has 0 radical (unpaired) electrons. The molecule has 4 nitrogen and oxygen atoms in total. The number of amides is 1. The lowest BCUT2D eigenvalue weighted by atomic mass is 9.91. The summed E-state index contributed by atoms with van der Waals surface area (Å²) in [7, 11) is 0. The molecule has 0 aliphatic carbocycles. The molecule has 0 bridgehead atoms. The molecule has 1 saturated heterocycles. The van der Waals surface area contributed by atoms with Gasteiger partial charge in [-0.2, -0.15) is 0 Å². The second-order valence-electron chi connectivity index (χ2n) is 6.56. The average molecular weight is 314 g/mol. The molecule has 2 heterocycles. The largest absolute Gasteiger partial charge is 0.459 e. The first kappa shape index (κ1) is 16.1. The van der Waals surface area contributed by atoms with Gasteiger partial charge in [-0.1, -0.05) is 18.2 Å². The van der Waals surface area contributed by atoms with Crippen LogP contribution in [0, 0.1) is 5.92 Å². The Morgan fingerprint density at radius 2 is 2.22 bits per heavy atom. The number of rotatable bonds is 4. The standard InChI is InChI=1S/C19H26N2O2/c1-4-21(19(22)16-9-10-20-13(2)11-16)14(3)18-12-15-7-5-6-8-17(15)23-18/h5-8,12-14,16,20H,4,9-11H2,1-3H3/t13-,14?,16-/m0/s1. The molecule has 1 amide bonds. The SMILES string of the molecule is CCN(C(=O)[C@H]1CCN[C@@H](C)C1)C(C)c1cc2ccccc2o1. The minimum absolute atomic E-state index is 0.0370. The van der Waals surface area contributed by atoms with E-state index in [1.165, 1.54) is 0 Å². The molecule has 1 aliphatic rings. The monoisotopic (exact) mass is 314 g/mol. The first-order chi connectivity index (χ1) is 11.1. The summed E-state index contributed by atoms with van der Waals surface area (Å²) < 4.78 is 5.97. The summed E-state index contributed by atoms with van der Waals surface area (Å²) in [5, 5.41) is 4.50. The predicted octanol–water partition coefficient (Wildman–Crippen LogP) is 3.73. The molecule has 0 saturated carbocycles. The van der Waals surface area contributed by atoms with Crippen LogP contribution in [-0.4, -0.2) is 29.9 Å². The first-order valence-electron chi connectivity index (χ1n) is 8.62. The van der Waals surface area contributed by atoms with Crippen molar-refractivity contribution in [1.29, 1.82) is 0 Å². The fourth-order valence-corrected chi connectivity index (χ4v) is 3.57. The highest BCUT2D eigenvalue weighted by molar-refractivity contribution is 5.80. The van der Waals surface area contributed by atoms with Crippen molar-refractivity contribution >= 4 is 16.9 Å². The van der Waals surface area contributed by atoms with Crippen LogP contribution in [0.4, 0.5) is 0 Å². The first-order valence-corrected chi connectivity index (χ1v) is 8.62. The smallest absolute Gasteiger partial charge is 0.226 e. The summed E-state index contributed by atoms with van der Waals surface area (Å²) in [6.45, 7) is 7.88. The van der Waals surface area contributed by atoms with E-state index >= 15 is 0 Å². The summed E-state index contributed by atoms with van der Waals surface area (Å²) in [6.07, 6.45) is 1.84. The molecule has 1 aromatic heterocycles. The van der Waals surface area contributed by atoms with Crippen molar-refractivity contribution in [3.63, 3.8) is 0 Å². The molecule has 1 N–H and O–H groups in total. The lowest BCUT2D eigenvalue weighted by Crippen LogP contribution is -2.44. The molecule has 3 atom stereocenters. The Labute approximate surface area is 137 Å². The van der Waals surface area contributed by atoms with E-state index in [0.29, 0.717) is 12.6 Å². The molecule has 1 aromatic carbocycles. The number of carbonyl (C=O) groups is 1. The lowest BCUT2D eigenvalue weighted by molar-refractivity contribution is -0.139. The van der Waals surface area contributed by atoms with E-state index in [0.717, 1.165) is 36.1 Å². The molecule has 1 unspecified atom stereocenters. The third-order valence-corrected chi connectivity index (χ3v) is 4.92. The van der Waals surface area contributed by atoms with Crippen LogP contribution < -0.4 is 5.32 Å². The van der Waals surface area contributed by atoms with E-state index in [9.17, 15) is 4.79 Å². The Hall–Kier alpha value is -1.81. The number of fused-ring (bicyclic) bond motifs is 1. The summed E-state index contributed by atoms with van der Waals surface area (Å²) in [6, 6.07) is 10.4. The van der Waals surface area contributed by atoms with Crippen LogP contribution in [0.1, 0.15) is 45.4 Å². The van der Waals surface area contributed by atoms with Crippen molar-refractivity contribution in [3.05, 3.63) is 36.1 Å². The molecule has 0 spiro atoms. The van der Waals surface area contributed by atoms with Crippen LogP contribution >= 0.6 is 0 Å². The van der Waals surface area contributed by atoms with E-state index in [2.05, 4.69) is 25.2 Å². The van der Waals surface area contributed by atoms with Gasteiger partial charge in [0.1, 0.15) is 11.3 Å². The predicted molar refractivity (Wildman–Crippen MR) is 92.2 cm³/mol. The van der Waals surface area contributed by atoms with E-state index in [-0.39, 0.29) is 17.9 Å². The van der Waals surface area contributed by atoms with E-state index in [1.54, 1.807) is 0 Å². The van der Waals surface area contributed by atoms with Gasteiger partial charge in [0.25, 0.3) is 0 Å². The van der Waals surface area contributed by atoms with Crippen LogP contribution in [0.15, 0.2) is 34.7 Å². The van der Waals surface area contributed by atoms with E-state index < -0.39 is 0 Å². The minimum Gasteiger partial charge on any atom is -0.459 e. The van der Waals surface area contributed by atoms with Gasteiger partial charge in [-0.05, 0) is 52.3 Å². The molecule has 23 heavy (non-hydrogen) atoms. The van der Waals surface area contributed by atoms with Gasteiger partial charge in [-0.15, -0.1) is 0 Å². The summed E-state index contributed by atoms with van der Waals surface area (Å²) in [4.78, 5) is 14.9. The van der Waals surface area contributed by atoms with Crippen molar-refractivity contribution < 1.29 is 9.21 Å². The highest BCUT2D eigenvalue weighted by atomic mass is 16.3. The van der Waals surface area contributed by atoms with Crippen LogP contribution in [0.5, 0.6) is 0 Å². The van der Waals surface area contributed by atoms with Crippen LogP contribution in [0.3, 0.4) is 0 Å². The molecular weight excluding hydrogens is 288 g/mol. The minimum atomic E-state index is -0.0370. The molecule has 1 aliphatic heterocycles. The highest BCUT2D eigenvalue weighted by Crippen LogP contribution is 2.29. The second kappa shape index (κ2) is 6.75. The number of nitrogens with one attached hydrogen (secondary N) is 1. The van der Waals surface area contributed by atoms with E-state index in [1.807, 2.05) is 36.1 Å². The van der Waals surface area contributed by atoms with Gasteiger partial charge in [0, 0.05) is 23.9 Å². The maximum Gasteiger partial charge on any atom is 0.226 e. The Balaban J connectivity index is 1.80. The number of furan rings is 1. The molecule has 3 rings (SSSR count). The number of nitrogens with zero attached hydrogens (tertiary/aromatic N) is 1. The zero-order chi connectivity index (χ0) is 16.4. The third kappa shape index (κ3) is 3.27. The quantitative estimate of drug-likeness (QED) is 0.935. The fraction of sp³-hybridized carbons (Fsp3) is 0.526. The second-order valence-corrected chi connectivity index (χ2v) is 6.56. The molecular formula is C19H26N2O2. The number of carbonyl (C=O) groups excluding carboxylic acids is 1. The molecule has 124 valence electrons. The summed E-state index contributed by atoms with van der Waals surface area (Å²) in [5.41, 5.74) is 0.883. The zero-order valence-electron chi connectivity index (χ0n) is 14.2. The highest BCUT2D eigenvalue weighted by Gasteiger charge is 2.31. The number of piperidine rings is 1. The number of para-hydroxylation sites is 1. The Morgan fingerprint density at radius 1 is 1.43 bits per heavy atom. The number of hydrogen-bond acceptors (Lipinski definition) is 3. The van der Waals surface area contributed by atoms with Crippen molar-refractivity contribution in [2.24, 2.45) is 5.92 Å². The number of benzene rings is 1.